The maximum atomic E-state index is 4.86. The highest BCUT2D eigenvalue weighted by Gasteiger charge is 2.51. The number of halogens is 1. The molecule has 0 fully saturated rings. The van der Waals surface area contributed by atoms with Crippen molar-refractivity contribution in [1.29, 1.82) is 0 Å². The summed E-state index contributed by atoms with van der Waals surface area (Å²) < 4.78 is 3.32. The molecule has 200 valence electrons. The van der Waals surface area contributed by atoms with Gasteiger partial charge in [0.25, 0.3) is 0 Å². The van der Waals surface area contributed by atoms with E-state index >= 15 is 0 Å². The van der Waals surface area contributed by atoms with Crippen LogP contribution in [0.2, 0.25) is 0 Å². The molecule has 6 aromatic carbocycles. The average Bonchev–Trinajstić information content (AvgIpc) is 3.72. The first-order valence-corrected chi connectivity index (χ1v) is 15.3. The van der Waals surface area contributed by atoms with Crippen molar-refractivity contribution in [2.75, 3.05) is 0 Å². The lowest BCUT2D eigenvalue weighted by molar-refractivity contribution is 0.793. The summed E-state index contributed by atoms with van der Waals surface area (Å²) in [4.78, 5) is 0. The molecular formula is C39H22BrN3. The van der Waals surface area contributed by atoms with Crippen molar-refractivity contribution in [3.8, 4) is 33.6 Å². The molecule has 0 bridgehead atoms. The van der Waals surface area contributed by atoms with E-state index in [1.165, 1.54) is 55.3 Å². The van der Waals surface area contributed by atoms with Crippen molar-refractivity contribution >= 4 is 43.3 Å². The van der Waals surface area contributed by atoms with Gasteiger partial charge in [-0.2, -0.15) is 0 Å². The third-order valence-electron chi connectivity index (χ3n) is 9.58. The van der Waals surface area contributed by atoms with E-state index in [2.05, 4.69) is 154 Å². The zero-order valence-electron chi connectivity index (χ0n) is 22.9. The monoisotopic (exact) mass is 611 g/mol. The second-order valence-corrected chi connectivity index (χ2v) is 12.5. The number of para-hydroxylation sites is 1. The highest BCUT2D eigenvalue weighted by Crippen LogP contribution is 2.63. The van der Waals surface area contributed by atoms with Crippen LogP contribution in [0.1, 0.15) is 22.3 Å². The zero-order chi connectivity index (χ0) is 28.3. The van der Waals surface area contributed by atoms with E-state index in [-0.39, 0.29) is 0 Å². The molecule has 0 radical (unpaired) electrons. The van der Waals surface area contributed by atoms with Crippen molar-refractivity contribution in [3.63, 3.8) is 0 Å². The Morgan fingerprint density at radius 3 is 1.84 bits per heavy atom. The number of fused-ring (bicyclic) bond motifs is 16. The van der Waals surface area contributed by atoms with Crippen molar-refractivity contribution in [2.24, 2.45) is 0 Å². The van der Waals surface area contributed by atoms with Crippen molar-refractivity contribution in [3.05, 3.63) is 160 Å². The highest BCUT2D eigenvalue weighted by molar-refractivity contribution is 9.10. The fraction of sp³-hybridized carbons (Fsp3) is 0.0256. The minimum atomic E-state index is -0.424. The first-order valence-electron chi connectivity index (χ1n) is 14.5. The Bertz CT molecular complexity index is 2440. The van der Waals surface area contributed by atoms with Gasteiger partial charge < -0.3 is 0 Å². The van der Waals surface area contributed by atoms with Crippen LogP contribution in [0.3, 0.4) is 0 Å². The van der Waals surface area contributed by atoms with Crippen LogP contribution in [0.25, 0.3) is 61.0 Å². The molecule has 0 atom stereocenters. The molecule has 0 amide bonds. The zero-order valence-corrected chi connectivity index (χ0v) is 24.5. The van der Waals surface area contributed by atoms with Crippen LogP contribution in [0, 0.1) is 0 Å². The molecular weight excluding hydrogens is 590 g/mol. The summed E-state index contributed by atoms with van der Waals surface area (Å²) in [5, 5.41) is 13.1. The van der Waals surface area contributed by atoms with E-state index < -0.39 is 5.41 Å². The first kappa shape index (κ1) is 23.5. The summed E-state index contributed by atoms with van der Waals surface area (Å²) in [6, 6.07) is 48.5. The van der Waals surface area contributed by atoms with Crippen molar-refractivity contribution in [1.82, 2.24) is 14.6 Å². The molecule has 10 rings (SSSR count). The maximum absolute atomic E-state index is 4.86. The number of benzene rings is 6. The summed E-state index contributed by atoms with van der Waals surface area (Å²) in [5.74, 6) is 0.853. The smallest absolute Gasteiger partial charge is 0.169 e. The number of pyridine rings is 1. The standard InChI is InChI=1S/C39H22BrN3/c40-24-18-20-29-28-19-17-23(37-41-42-38-31-13-2-1-9-25(31)30-12-5-8-16-36(30)43(37)38)21-34(28)39(35(29)22-24)32-14-6-3-10-26(32)27-11-4-7-15-33(27)39/h1-22H. The van der Waals surface area contributed by atoms with Gasteiger partial charge >= 0.3 is 0 Å². The van der Waals surface area contributed by atoms with Crippen LogP contribution < -0.4 is 0 Å². The van der Waals surface area contributed by atoms with Crippen LogP contribution in [-0.4, -0.2) is 14.6 Å². The van der Waals surface area contributed by atoms with E-state index in [1.807, 2.05) is 0 Å². The van der Waals surface area contributed by atoms with Gasteiger partial charge in [0.1, 0.15) is 0 Å². The molecule has 0 saturated heterocycles. The summed E-state index contributed by atoms with van der Waals surface area (Å²) in [6.07, 6.45) is 0. The molecule has 0 N–H and O–H groups in total. The van der Waals surface area contributed by atoms with Crippen LogP contribution >= 0.6 is 15.9 Å². The highest BCUT2D eigenvalue weighted by atomic mass is 79.9. The molecule has 0 saturated carbocycles. The molecule has 2 aliphatic rings. The molecule has 2 heterocycles. The lowest BCUT2D eigenvalue weighted by Gasteiger charge is -2.30. The molecule has 2 aromatic heterocycles. The second kappa shape index (κ2) is 8.27. The van der Waals surface area contributed by atoms with Gasteiger partial charge in [-0.3, -0.25) is 4.40 Å². The Labute approximate surface area is 256 Å². The van der Waals surface area contributed by atoms with E-state index in [0.29, 0.717) is 0 Å². The van der Waals surface area contributed by atoms with E-state index in [0.717, 1.165) is 32.4 Å². The van der Waals surface area contributed by atoms with Gasteiger partial charge in [-0.15, -0.1) is 10.2 Å². The molecule has 43 heavy (non-hydrogen) atoms. The summed E-state index contributed by atoms with van der Waals surface area (Å²) in [6.45, 7) is 0. The van der Waals surface area contributed by atoms with E-state index in [1.54, 1.807) is 0 Å². The Kier molecular flexibility index (Phi) is 4.52. The maximum Gasteiger partial charge on any atom is 0.169 e. The quantitative estimate of drug-likeness (QED) is 0.173. The van der Waals surface area contributed by atoms with E-state index in [9.17, 15) is 0 Å². The summed E-state index contributed by atoms with van der Waals surface area (Å²) in [5.41, 5.74) is 13.0. The molecule has 3 nitrogen and oxygen atoms in total. The number of hydrogen-bond donors (Lipinski definition) is 0. The van der Waals surface area contributed by atoms with Crippen LogP contribution in [0.15, 0.2) is 138 Å². The Morgan fingerprint density at radius 1 is 0.488 bits per heavy atom. The second-order valence-electron chi connectivity index (χ2n) is 11.5. The van der Waals surface area contributed by atoms with Crippen molar-refractivity contribution in [2.45, 2.75) is 5.41 Å². The van der Waals surface area contributed by atoms with Gasteiger partial charge in [0.05, 0.1) is 10.9 Å². The molecule has 1 spiro atoms. The molecule has 0 aliphatic heterocycles. The number of rotatable bonds is 1. The number of aromatic nitrogens is 3. The number of nitrogens with zero attached hydrogens (tertiary/aromatic N) is 3. The molecule has 8 aromatic rings. The third-order valence-corrected chi connectivity index (χ3v) is 10.1. The normalized spacial score (nSPS) is 13.9. The Morgan fingerprint density at radius 2 is 1.07 bits per heavy atom. The molecule has 4 heteroatoms. The van der Waals surface area contributed by atoms with Crippen LogP contribution in [-0.2, 0) is 5.41 Å². The minimum absolute atomic E-state index is 0.424. The predicted octanol–water partition coefficient (Wildman–Crippen LogP) is 9.81. The fourth-order valence-corrected chi connectivity index (χ4v) is 8.29. The van der Waals surface area contributed by atoms with Gasteiger partial charge in [0.2, 0.25) is 0 Å². The molecule has 2 aliphatic carbocycles. The van der Waals surface area contributed by atoms with Gasteiger partial charge in [0, 0.05) is 20.8 Å². The summed E-state index contributed by atoms with van der Waals surface area (Å²) >= 11 is 3.81. The van der Waals surface area contributed by atoms with Gasteiger partial charge in [0.15, 0.2) is 11.5 Å². The SMILES string of the molecule is Brc1ccc2c(c1)C1(c3ccccc3-c3ccccc31)c1cc(-c3nnc4c5ccccc5c5ccccc5n34)ccc1-2. The number of hydrogen-bond acceptors (Lipinski definition) is 2. The average molecular weight is 613 g/mol. The van der Waals surface area contributed by atoms with E-state index in [4.69, 9.17) is 10.2 Å². The lowest BCUT2D eigenvalue weighted by Crippen LogP contribution is -2.26. The lowest BCUT2D eigenvalue weighted by atomic mass is 9.70. The summed E-state index contributed by atoms with van der Waals surface area (Å²) in [7, 11) is 0. The Balaban J connectivity index is 1.33. The van der Waals surface area contributed by atoms with Crippen LogP contribution in [0.4, 0.5) is 0 Å². The predicted molar refractivity (Wildman–Crippen MR) is 177 cm³/mol. The Hall–Kier alpha value is -5.06. The topological polar surface area (TPSA) is 30.2 Å². The van der Waals surface area contributed by atoms with Crippen molar-refractivity contribution < 1.29 is 0 Å². The van der Waals surface area contributed by atoms with Gasteiger partial charge in [-0.1, -0.05) is 125 Å². The van der Waals surface area contributed by atoms with Gasteiger partial charge in [-0.25, -0.2) is 0 Å². The first-order chi connectivity index (χ1) is 21.2. The van der Waals surface area contributed by atoms with Gasteiger partial charge in [-0.05, 0) is 74.2 Å². The fourth-order valence-electron chi connectivity index (χ4n) is 7.93. The third kappa shape index (κ3) is 2.84. The van der Waals surface area contributed by atoms with Crippen LogP contribution in [0.5, 0.6) is 0 Å². The molecule has 0 unspecified atom stereocenters. The minimum Gasteiger partial charge on any atom is -0.274 e. The largest absolute Gasteiger partial charge is 0.274 e.